The molecule has 3 aliphatic heterocycles. The molecule has 1 spiro atoms. The molecule has 0 aromatic heterocycles. The lowest BCUT2D eigenvalue weighted by molar-refractivity contribution is -0.150. The van der Waals surface area contributed by atoms with Crippen LogP contribution in [0.25, 0.3) is 0 Å². The van der Waals surface area contributed by atoms with Crippen molar-refractivity contribution < 1.29 is 19.5 Å². The van der Waals surface area contributed by atoms with Gasteiger partial charge >= 0.3 is 0 Å². The SMILES string of the molecule is C=CCN(Cc1ccccc1)C(=O)[C@@H]1[C@H]2C(=O)N([C@@H](CO)Cc3ccccc3)C(C(=O)N(CC=C)C(C)(C)CC(C)(C)C)C23CC[C@@]1(C)S3. The molecule has 5 rings (SSSR count). The van der Waals surface area contributed by atoms with E-state index in [0.29, 0.717) is 32.5 Å². The summed E-state index contributed by atoms with van der Waals surface area (Å²) in [6.45, 7) is 21.6. The van der Waals surface area contributed by atoms with Gasteiger partial charge in [-0.05, 0) is 63.0 Å². The Labute approximate surface area is 297 Å². The quantitative estimate of drug-likeness (QED) is 0.229. The zero-order valence-electron chi connectivity index (χ0n) is 30.2. The smallest absolute Gasteiger partial charge is 0.247 e. The third-order valence-corrected chi connectivity index (χ3v) is 12.8. The number of fused-ring (bicyclic) bond motifs is 1. The van der Waals surface area contributed by atoms with Crippen LogP contribution in [0.4, 0.5) is 0 Å². The summed E-state index contributed by atoms with van der Waals surface area (Å²) in [5, 5.41) is 11.0. The van der Waals surface area contributed by atoms with Crippen molar-refractivity contribution >= 4 is 29.5 Å². The average molecular weight is 686 g/mol. The highest BCUT2D eigenvalue weighted by molar-refractivity contribution is 8.02. The Kier molecular flexibility index (Phi) is 10.6. The van der Waals surface area contributed by atoms with Crippen molar-refractivity contribution in [2.75, 3.05) is 19.7 Å². The van der Waals surface area contributed by atoms with Crippen molar-refractivity contribution in [3.63, 3.8) is 0 Å². The van der Waals surface area contributed by atoms with E-state index in [9.17, 15) is 9.90 Å². The molecule has 3 amide bonds. The van der Waals surface area contributed by atoms with E-state index in [0.717, 1.165) is 24.0 Å². The fraction of sp³-hybridized carbons (Fsp3) is 0.537. The van der Waals surface area contributed by atoms with Gasteiger partial charge in [-0.25, -0.2) is 0 Å². The molecule has 49 heavy (non-hydrogen) atoms. The van der Waals surface area contributed by atoms with Gasteiger partial charge in [0.1, 0.15) is 6.04 Å². The molecular formula is C41H55N3O4S. The Hall–Kier alpha value is -3.36. The first kappa shape index (κ1) is 36.9. The minimum absolute atomic E-state index is 0.0605. The monoisotopic (exact) mass is 685 g/mol. The fourth-order valence-corrected chi connectivity index (χ4v) is 11.6. The number of aliphatic hydroxyl groups is 1. The number of hydrogen-bond donors (Lipinski definition) is 1. The maximum atomic E-state index is 15.4. The van der Waals surface area contributed by atoms with Crippen molar-refractivity contribution in [1.82, 2.24) is 14.7 Å². The van der Waals surface area contributed by atoms with Gasteiger partial charge in [0.2, 0.25) is 17.7 Å². The topological polar surface area (TPSA) is 81.2 Å². The van der Waals surface area contributed by atoms with Crippen LogP contribution in [-0.2, 0) is 27.3 Å². The van der Waals surface area contributed by atoms with Crippen LogP contribution in [0.1, 0.15) is 71.9 Å². The summed E-state index contributed by atoms with van der Waals surface area (Å²) in [7, 11) is 0. The molecule has 3 heterocycles. The van der Waals surface area contributed by atoms with E-state index >= 15 is 9.59 Å². The fourth-order valence-electron chi connectivity index (χ4n) is 9.24. The molecule has 0 radical (unpaired) electrons. The van der Waals surface area contributed by atoms with E-state index in [1.165, 1.54) is 0 Å². The predicted octanol–water partition coefficient (Wildman–Crippen LogP) is 6.52. The lowest BCUT2D eigenvalue weighted by Crippen LogP contribution is -2.61. The van der Waals surface area contributed by atoms with Crippen molar-refractivity contribution in [3.05, 3.63) is 97.1 Å². The van der Waals surface area contributed by atoms with Gasteiger partial charge in [-0.3, -0.25) is 14.4 Å². The minimum atomic E-state index is -0.836. The summed E-state index contributed by atoms with van der Waals surface area (Å²) in [5.74, 6) is -1.72. The molecule has 1 N–H and O–H groups in total. The number of hydrogen-bond acceptors (Lipinski definition) is 5. The number of aliphatic hydroxyl groups excluding tert-OH is 1. The molecule has 7 nitrogen and oxygen atoms in total. The first-order chi connectivity index (χ1) is 23.1. The largest absolute Gasteiger partial charge is 0.394 e. The maximum Gasteiger partial charge on any atom is 0.247 e. The van der Waals surface area contributed by atoms with Crippen LogP contribution in [0.5, 0.6) is 0 Å². The third kappa shape index (κ3) is 7.01. The lowest BCUT2D eigenvalue weighted by atomic mass is 9.66. The van der Waals surface area contributed by atoms with Gasteiger partial charge in [0, 0.05) is 29.9 Å². The average Bonchev–Trinajstić information content (AvgIpc) is 3.62. The zero-order valence-corrected chi connectivity index (χ0v) is 31.0. The van der Waals surface area contributed by atoms with Crippen LogP contribution in [0, 0.1) is 17.3 Å². The number of thioether (sulfide) groups is 1. The van der Waals surface area contributed by atoms with Crippen molar-refractivity contribution in [1.29, 1.82) is 0 Å². The summed E-state index contributed by atoms with van der Waals surface area (Å²) in [6.07, 6.45) is 6.01. The molecule has 6 atom stereocenters. The van der Waals surface area contributed by atoms with Crippen LogP contribution in [0.15, 0.2) is 86.0 Å². The van der Waals surface area contributed by atoms with Crippen LogP contribution < -0.4 is 0 Å². The zero-order chi connectivity index (χ0) is 35.8. The second-order valence-electron chi connectivity index (χ2n) is 16.3. The van der Waals surface area contributed by atoms with Gasteiger partial charge in [-0.2, -0.15) is 0 Å². The minimum Gasteiger partial charge on any atom is -0.394 e. The molecular weight excluding hydrogens is 631 g/mol. The molecule has 3 aliphatic rings. The highest BCUT2D eigenvalue weighted by Crippen LogP contribution is 2.72. The predicted molar refractivity (Wildman–Crippen MR) is 199 cm³/mol. The second-order valence-corrected chi connectivity index (χ2v) is 18.2. The van der Waals surface area contributed by atoms with E-state index in [2.05, 4.69) is 54.7 Å². The number of likely N-dealkylation sites (tertiary alicyclic amines) is 1. The van der Waals surface area contributed by atoms with E-state index in [4.69, 9.17) is 0 Å². The molecule has 2 aromatic carbocycles. The molecule has 3 fully saturated rings. The van der Waals surface area contributed by atoms with Crippen molar-refractivity contribution in [2.45, 2.75) is 101 Å². The molecule has 8 heteroatoms. The van der Waals surface area contributed by atoms with Gasteiger partial charge in [0.25, 0.3) is 0 Å². The van der Waals surface area contributed by atoms with Gasteiger partial charge in [-0.15, -0.1) is 24.9 Å². The molecule has 0 aliphatic carbocycles. The Morgan fingerprint density at radius 3 is 2.10 bits per heavy atom. The summed E-state index contributed by atoms with van der Waals surface area (Å²) >= 11 is 1.68. The van der Waals surface area contributed by atoms with Crippen LogP contribution in [0.3, 0.4) is 0 Å². The van der Waals surface area contributed by atoms with E-state index in [1.54, 1.807) is 28.8 Å². The van der Waals surface area contributed by atoms with E-state index < -0.39 is 39.0 Å². The Morgan fingerprint density at radius 2 is 1.55 bits per heavy atom. The molecule has 3 saturated heterocycles. The highest BCUT2D eigenvalue weighted by atomic mass is 32.2. The normalized spacial score (nSPS) is 26.7. The summed E-state index contributed by atoms with van der Waals surface area (Å²) in [6, 6.07) is 18.2. The third-order valence-electron chi connectivity index (χ3n) is 10.8. The highest BCUT2D eigenvalue weighted by Gasteiger charge is 2.78. The summed E-state index contributed by atoms with van der Waals surface area (Å²) in [5.41, 5.74) is 1.38. The van der Waals surface area contributed by atoms with Crippen LogP contribution >= 0.6 is 11.8 Å². The van der Waals surface area contributed by atoms with Gasteiger partial charge in [-0.1, -0.05) is 93.6 Å². The van der Waals surface area contributed by atoms with Crippen molar-refractivity contribution in [2.24, 2.45) is 17.3 Å². The van der Waals surface area contributed by atoms with Gasteiger partial charge < -0.3 is 19.8 Å². The van der Waals surface area contributed by atoms with Gasteiger partial charge in [0.15, 0.2) is 0 Å². The summed E-state index contributed by atoms with van der Waals surface area (Å²) < 4.78 is -1.33. The number of carbonyl (C=O) groups is 3. The summed E-state index contributed by atoms with van der Waals surface area (Å²) in [4.78, 5) is 50.7. The Morgan fingerprint density at radius 1 is 0.959 bits per heavy atom. The molecule has 2 bridgehead atoms. The van der Waals surface area contributed by atoms with E-state index in [1.807, 2.05) is 70.5 Å². The number of rotatable bonds is 14. The number of amides is 3. The Balaban J connectivity index is 1.62. The van der Waals surface area contributed by atoms with Crippen molar-refractivity contribution in [3.8, 4) is 0 Å². The van der Waals surface area contributed by atoms with Gasteiger partial charge in [0.05, 0.1) is 29.2 Å². The molecule has 0 saturated carbocycles. The molecule has 2 aromatic rings. The maximum absolute atomic E-state index is 15.4. The standard InChI is InChI=1S/C41H55N3O4S/c1-9-23-42(26-30-19-15-12-16-20-30)35(46)32-33-36(47)44(31(27-45)25-29-17-13-11-14-18-29)34(41(33)22-21-40(32,8)49-41)37(48)43(24-10-2)39(6,7)28-38(3,4)5/h9-20,31-34,45H,1-2,21-28H2,3-8H3/t31-,32+,33+,34?,40-,41?/m1/s1. The second kappa shape index (κ2) is 14.1. The van der Waals surface area contributed by atoms with E-state index in [-0.39, 0.29) is 29.7 Å². The molecule has 2 unspecified atom stereocenters. The number of nitrogens with zero attached hydrogens (tertiary/aromatic N) is 3. The first-order valence-corrected chi connectivity index (χ1v) is 18.5. The Bertz CT molecular complexity index is 1540. The van der Waals surface area contributed by atoms with Crippen LogP contribution in [-0.4, -0.2) is 84.3 Å². The number of carbonyl (C=O) groups excluding carboxylic acids is 3. The lowest BCUT2D eigenvalue weighted by Gasteiger charge is -2.46. The van der Waals surface area contributed by atoms with Crippen LogP contribution in [0.2, 0.25) is 0 Å². The molecule has 264 valence electrons. The number of benzene rings is 2. The first-order valence-electron chi connectivity index (χ1n) is 17.7.